The smallest absolute Gasteiger partial charge is 0.220 e. The first-order valence-electron chi connectivity index (χ1n) is 30.5. The number of nitrogens with one attached hydrogen (secondary N) is 1. The molecule has 0 aromatic carbocycles. The van der Waals surface area contributed by atoms with E-state index in [0.717, 1.165) is 96.3 Å². The molecular weight excluding hydrogens is 991 g/mol. The summed E-state index contributed by atoms with van der Waals surface area (Å²) in [5, 5.41) is 86.2. The summed E-state index contributed by atoms with van der Waals surface area (Å²) in [7, 11) is 0. The molecule has 12 unspecified atom stereocenters. The molecule has 0 aromatic rings. The predicted molar refractivity (Wildman–Crippen MR) is 313 cm³/mol. The highest BCUT2D eigenvalue weighted by Gasteiger charge is 2.51. The minimum absolute atomic E-state index is 0.222. The van der Waals surface area contributed by atoms with E-state index in [4.69, 9.17) is 18.9 Å². The second-order valence-electron chi connectivity index (χ2n) is 21.1. The van der Waals surface area contributed by atoms with Crippen molar-refractivity contribution in [2.45, 2.75) is 280 Å². The SMILES string of the molecule is CC/C=C\C/C=C\C/C=C\C/C=C\C/C=C\C/C=C\C/C=C\C/C=C\CCCCCCCCCCCCCCCCCCC(=O)NC(COC1OC(CO)C(OC2OC(CO)C(O)C(O)C2O)C(O)C1O)C(O)CCCCC. The van der Waals surface area contributed by atoms with Crippen LogP contribution in [0.1, 0.15) is 206 Å². The number of aliphatic hydroxyl groups excluding tert-OH is 8. The Hall–Kier alpha value is -3.09. The van der Waals surface area contributed by atoms with Crippen molar-refractivity contribution >= 4 is 5.91 Å². The first-order chi connectivity index (χ1) is 38.1. The molecule has 14 heteroatoms. The molecule has 2 aliphatic rings. The van der Waals surface area contributed by atoms with Crippen molar-refractivity contribution in [3.05, 3.63) is 97.2 Å². The highest BCUT2D eigenvalue weighted by molar-refractivity contribution is 5.76. The molecule has 0 aliphatic carbocycles. The van der Waals surface area contributed by atoms with E-state index < -0.39 is 86.8 Å². The Balaban J connectivity index is 1.46. The van der Waals surface area contributed by atoms with Crippen LogP contribution in [0.15, 0.2) is 97.2 Å². The van der Waals surface area contributed by atoms with Gasteiger partial charge in [0.15, 0.2) is 12.6 Å². The summed E-state index contributed by atoms with van der Waals surface area (Å²) in [6.07, 6.45) is 51.3. The molecule has 0 bridgehead atoms. The van der Waals surface area contributed by atoms with Gasteiger partial charge in [0.05, 0.1) is 32.0 Å². The third kappa shape index (κ3) is 33.6. The van der Waals surface area contributed by atoms with Crippen LogP contribution in [0.5, 0.6) is 0 Å². The molecule has 2 saturated heterocycles. The summed E-state index contributed by atoms with van der Waals surface area (Å²) in [4.78, 5) is 13.1. The van der Waals surface area contributed by atoms with Crippen LogP contribution in [-0.4, -0.2) is 140 Å². The van der Waals surface area contributed by atoms with Crippen molar-refractivity contribution in [1.82, 2.24) is 5.32 Å². The van der Waals surface area contributed by atoms with Gasteiger partial charge >= 0.3 is 0 Å². The summed E-state index contributed by atoms with van der Waals surface area (Å²) < 4.78 is 22.6. The zero-order valence-electron chi connectivity index (χ0n) is 48.1. The molecule has 0 radical (unpaired) electrons. The van der Waals surface area contributed by atoms with E-state index in [1.54, 1.807) is 0 Å². The molecular formula is C64H109NO13. The van der Waals surface area contributed by atoms with E-state index in [0.29, 0.717) is 12.8 Å². The molecule has 14 nitrogen and oxygen atoms in total. The largest absolute Gasteiger partial charge is 0.394 e. The van der Waals surface area contributed by atoms with Crippen LogP contribution in [0.25, 0.3) is 0 Å². The Morgan fingerprint density at radius 3 is 1.33 bits per heavy atom. The fourth-order valence-electron chi connectivity index (χ4n) is 9.43. The number of amides is 1. The Morgan fingerprint density at radius 2 is 0.885 bits per heavy atom. The van der Waals surface area contributed by atoms with Crippen LogP contribution in [0, 0.1) is 0 Å². The number of aliphatic hydroxyl groups is 8. The molecule has 9 N–H and O–H groups in total. The Morgan fingerprint density at radius 1 is 0.474 bits per heavy atom. The monoisotopic (exact) mass is 1100 g/mol. The number of unbranched alkanes of at least 4 members (excludes halogenated alkanes) is 18. The summed E-state index contributed by atoms with van der Waals surface area (Å²) >= 11 is 0. The fraction of sp³-hybridized carbons (Fsp3) is 0.734. The lowest BCUT2D eigenvalue weighted by molar-refractivity contribution is -0.359. The Kier molecular flexibility index (Phi) is 44.3. The van der Waals surface area contributed by atoms with Crippen LogP contribution in [0.3, 0.4) is 0 Å². The molecule has 0 aromatic heterocycles. The number of carbonyl (C=O) groups excluding carboxylic acids is 1. The van der Waals surface area contributed by atoms with Crippen LogP contribution in [0.4, 0.5) is 0 Å². The zero-order chi connectivity index (χ0) is 56.7. The number of carbonyl (C=O) groups is 1. The topological polar surface area (TPSA) is 228 Å². The quantitative estimate of drug-likeness (QED) is 0.0204. The molecule has 2 aliphatic heterocycles. The lowest BCUT2D eigenvalue weighted by Crippen LogP contribution is -2.65. The van der Waals surface area contributed by atoms with Crippen LogP contribution in [0.2, 0.25) is 0 Å². The average Bonchev–Trinajstić information content (AvgIpc) is 3.44. The van der Waals surface area contributed by atoms with Gasteiger partial charge in [-0.15, -0.1) is 0 Å². The summed E-state index contributed by atoms with van der Waals surface area (Å²) in [6, 6.07) is -0.827. The van der Waals surface area contributed by atoms with Crippen LogP contribution in [-0.2, 0) is 23.7 Å². The number of ether oxygens (including phenoxy) is 4. The minimum Gasteiger partial charge on any atom is -0.394 e. The molecule has 448 valence electrons. The van der Waals surface area contributed by atoms with Gasteiger partial charge in [0, 0.05) is 6.42 Å². The van der Waals surface area contributed by atoms with Crippen molar-refractivity contribution in [2.75, 3.05) is 19.8 Å². The second-order valence-corrected chi connectivity index (χ2v) is 21.1. The minimum atomic E-state index is -1.78. The molecule has 0 saturated carbocycles. The van der Waals surface area contributed by atoms with Gasteiger partial charge in [-0.25, -0.2) is 0 Å². The Labute approximate surface area is 471 Å². The maximum atomic E-state index is 13.1. The predicted octanol–water partition coefficient (Wildman–Crippen LogP) is 10.7. The lowest BCUT2D eigenvalue weighted by Gasteiger charge is -2.46. The standard InChI is InChI=1S/C64H109NO13/c1-3-5-7-8-9-10-11-12-13-14-15-16-17-18-19-20-21-22-23-24-25-26-27-28-29-30-31-32-33-34-35-36-37-38-39-40-41-42-43-44-46-48-56(69)65-52(53(68)47-45-6-4-2)51-75-63-61(74)59(72)62(55(50-67)77-63)78-64-60(73)58(71)57(70)54(49-66)76-64/h5,7,9-10,12-13,15-16,18-19,21-22,24-25,27-28,52-55,57-64,66-68,70-74H,3-4,6,8,11,14,17,20,23,26,29-51H2,1-2H3,(H,65,69)/b7-5-,10-9-,13-12-,16-15-,19-18-,22-21-,25-24-,28-27-. The first-order valence-corrected chi connectivity index (χ1v) is 30.5. The molecule has 1 amide bonds. The van der Waals surface area contributed by atoms with Crippen molar-refractivity contribution < 1.29 is 64.6 Å². The average molecular weight is 1100 g/mol. The molecule has 78 heavy (non-hydrogen) atoms. The summed E-state index contributed by atoms with van der Waals surface area (Å²) in [5.41, 5.74) is 0. The summed E-state index contributed by atoms with van der Waals surface area (Å²) in [6.45, 7) is 2.55. The third-order valence-electron chi connectivity index (χ3n) is 14.3. The van der Waals surface area contributed by atoms with E-state index in [1.807, 2.05) is 0 Å². The fourth-order valence-corrected chi connectivity index (χ4v) is 9.43. The van der Waals surface area contributed by atoms with E-state index in [1.165, 1.54) is 83.5 Å². The maximum Gasteiger partial charge on any atom is 0.220 e. The van der Waals surface area contributed by atoms with Crippen molar-refractivity contribution in [3.8, 4) is 0 Å². The normalized spacial score (nSPS) is 25.3. The number of hydrogen-bond donors (Lipinski definition) is 9. The van der Waals surface area contributed by atoms with Gasteiger partial charge in [-0.3, -0.25) is 4.79 Å². The van der Waals surface area contributed by atoms with Gasteiger partial charge in [0.2, 0.25) is 5.91 Å². The maximum absolute atomic E-state index is 13.1. The zero-order valence-corrected chi connectivity index (χ0v) is 48.1. The molecule has 2 heterocycles. The van der Waals surface area contributed by atoms with E-state index in [9.17, 15) is 45.6 Å². The van der Waals surface area contributed by atoms with Gasteiger partial charge in [-0.2, -0.15) is 0 Å². The van der Waals surface area contributed by atoms with Crippen molar-refractivity contribution in [3.63, 3.8) is 0 Å². The van der Waals surface area contributed by atoms with Crippen LogP contribution >= 0.6 is 0 Å². The second kappa shape index (κ2) is 48.6. The van der Waals surface area contributed by atoms with Gasteiger partial charge < -0.3 is 65.1 Å². The lowest BCUT2D eigenvalue weighted by atomic mass is 9.97. The first kappa shape index (κ1) is 71.0. The van der Waals surface area contributed by atoms with Gasteiger partial charge in [-0.05, 0) is 77.0 Å². The van der Waals surface area contributed by atoms with E-state index >= 15 is 0 Å². The van der Waals surface area contributed by atoms with E-state index in [2.05, 4.69) is 116 Å². The highest BCUT2D eigenvalue weighted by Crippen LogP contribution is 2.30. The number of hydrogen-bond acceptors (Lipinski definition) is 13. The van der Waals surface area contributed by atoms with Crippen LogP contribution < -0.4 is 5.32 Å². The van der Waals surface area contributed by atoms with Gasteiger partial charge in [0.25, 0.3) is 0 Å². The van der Waals surface area contributed by atoms with Gasteiger partial charge in [-0.1, -0.05) is 220 Å². The molecule has 0 spiro atoms. The number of rotatable bonds is 47. The van der Waals surface area contributed by atoms with Crippen molar-refractivity contribution in [2.24, 2.45) is 0 Å². The van der Waals surface area contributed by atoms with Gasteiger partial charge in [0.1, 0.15) is 48.8 Å². The summed E-state index contributed by atoms with van der Waals surface area (Å²) in [5.74, 6) is -0.222. The molecule has 12 atom stereocenters. The van der Waals surface area contributed by atoms with E-state index in [-0.39, 0.29) is 12.5 Å². The third-order valence-corrected chi connectivity index (χ3v) is 14.3. The molecule has 2 fully saturated rings. The highest BCUT2D eigenvalue weighted by atomic mass is 16.7. The van der Waals surface area contributed by atoms with Crippen molar-refractivity contribution in [1.29, 1.82) is 0 Å². The Bertz CT molecular complexity index is 1680. The molecule has 2 rings (SSSR count). The number of allylic oxidation sites excluding steroid dienone is 16.